The molecule has 0 atom stereocenters. The zero-order chi connectivity index (χ0) is 17.9. The van der Waals surface area contributed by atoms with Crippen molar-refractivity contribution < 1.29 is 14.3 Å². The quantitative estimate of drug-likeness (QED) is 0.838. The van der Waals surface area contributed by atoms with Gasteiger partial charge in [-0.1, -0.05) is 12.1 Å². The van der Waals surface area contributed by atoms with Crippen LogP contribution in [0.15, 0.2) is 29.8 Å². The Morgan fingerprint density at radius 1 is 1.36 bits per heavy atom. The van der Waals surface area contributed by atoms with E-state index in [-0.39, 0.29) is 6.09 Å². The summed E-state index contributed by atoms with van der Waals surface area (Å²) in [5.74, 6) is 0. The zero-order valence-electron chi connectivity index (χ0n) is 15.4. The van der Waals surface area contributed by atoms with Gasteiger partial charge in [-0.3, -0.25) is 4.90 Å². The molecule has 0 fully saturated rings. The number of aryl methyl sites for hydroxylation is 1. The maximum Gasteiger partial charge on any atom is 0.414 e. The van der Waals surface area contributed by atoms with Gasteiger partial charge in [-0.15, -0.1) is 0 Å². The second-order valence-corrected chi connectivity index (χ2v) is 7.64. The first-order valence-corrected chi connectivity index (χ1v) is 9.05. The van der Waals surface area contributed by atoms with Gasteiger partial charge < -0.3 is 14.8 Å². The van der Waals surface area contributed by atoms with E-state index in [2.05, 4.69) is 29.6 Å². The number of hydrogen-bond donors (Lipinski definition) is 1. The summed E-state index contributed by atoms with van der Waals surface area (Å²) in [6.45, 7) is 8.67. The fraction of sp³-hybridized carbons (Fsp3) is 0.550. The van der Waals surface area contributed by atoms with Gasteiger partial charge in [0.15, 0.2) is 0 Å². The summed E-state index contributed by atoms with van der Waals surface area (Å²) in [7, 11) is 0. The van der Waals surface area contributed by atoms with Crippen LogP contribution in [0, 0.1) is 0 Å². The van der Waals surface area contributed by atoms with Crippen LogP contribution in [0.25, 0.3) is 0 Å². The number of nitrogens with one attached hydrogen (secondary N) is 1. The van der Waals surface area contributed by atoms with Crippen molar-refractivity contribution in [2.75, 3.05) is 36.5 Å². The highest BCUT2D eigenvalue weighted by Crippen LogP contribution is 2.31. The summed E-state index contributed by atoms with van der Waals surface area (Å²) in [4.78, 5) is 14.3. The van der Waals surface area contributed by atoms with Crippen molar-refractivity contribution in [2.24, 2.45) is 0 Å². The molecular weight excluding hydrogens is 316 g/mol. The van der Waals surface area contributed by atoms with E-state index < -0.39 is 5.60 Å². The van der Waals surface area contributed by atoms with Crippen molar-refractivity contribution in [3.05, 3.63) is 35.4 Å². The van der Waals surface area contributed by atoms with Crippen molar-refractivity contribution in [2.45, 2.75) is 45.6 Å². The summed E-state index contributed by atoms with van der Waals surface area (Å²) in [5.41, 5.74) is 3.95. The third-order valence-electron chi connectivity index (χ3n) is 4.32. The number of ether oxygens (including phenoxy) is 2. The number of anilines is 2. The molecule has 0 saturated carbocycles. The first-order valence-electron chi connectivity index (χ1n) is 9.05. The Morgan fingerprint density at radius 3 is 2.92 bits per heavy atom. The van der Waals surface area contributed by atoms with Gasteiger partial charge in [-0.25, -0.2) is 4.79 Å². The highest BCUT2D eigenvalue weighted by atomic mass is 16.6. The summed E-state index contributed by atoms with van der Waals surface area (Å²) in [6.07, 6.45) is 4.90. The normalized spacial score (nSPS) is 17.6. The minimum absolute atomic E-state index is 0.269. The smallest absolute Gasteiger partial charge is 0.414 e. The van der Waals surface area contributed by atoms with E-state index in [1.54, 1.807) is 4.90 Å². The lowest BCUT2D eigenvalue weighted by Gasteiger charge is -2.32. The predicted octanol–water partition coefficient (Wildman–Crippen LogP) is 4.13. The Hall–Kier alpha value is -2.01. The van der Waals surface area contributed by atoms with Crippen LogP contribution in [0.2, 0.25) is 0 Å². The molecule has 0 bridgehead atoms. The van der Waals surface area contributed by atoms with Gasteiger partial charge in [-0.2, -0.15) is 0 Å². The number of fused-ring (bicyclic) bond motifs is 1. The average Bonchev–Trinajstić information content (AvgIpc) is 2.58. The van der Waals surface area contributed by atoms with Gasteiger partial charge in [0.1, 0.15) is 5.60 Å². The van der Waals surface area contributed by atoms with Gasteiger partial charge in [-0.05, 0) is 63.3 Å². The summed E-state index contributed by atoms with van der Waals surface area (Å²) in [5, 5.41) is 3.45. The van der Waals surface area contributed by atoms with Crippen LogP contribution in [0.1, 0.15) is 39.2 Å². The van der Waals surface area contributed by atoms with Crippen molar-refractivity contribution in [1.82, 2.24) is 0 Å². The number of rotatable bonds is 3. The summed E-state index contributed by atoms with van der Waals surface area (Å²) >= 11 is 0. The highest BCUT2D eigenvalue weighted by molar-refractivity contribution is 5.90. The monoisotopic (exact) mass is 344 g/mol. The van der Waals surface area contributed by atoms with Crippen LogP contribution >= 0.6 is 0 Å². The lowest BCUT2D eigenvalue weighted by molar-refractivity contribution is 0.0578. The van der Waals surface area contributed by atoms with E-state index in [1.165, 1.54) is 11.1 Å². The summed E-state index contributed by atoms with van der Waals surface area (Å²) in [6, 6.07) is 6.25. The second-order valence-electron chi connectivity index (χ2n) is 7.64. The van der Waals surface area contributed by atoms with Crippen LogP contribution in [0.4, 0.5) is 16.2 Å². The van der Waals surface area contributed by atoms with Gasteiger partial charge in [0.25, 0.3) is 0 Å². The number of nitrogens with zero attached hydrogens (tertiary/aromatic N) is 1. The fourth-order valence-corrected chi connectivity index (χ4v) is 3.14. The fourth-order valence-electron chi connectivity index (χ4n) is 3.14. The number of carbonyl (C=O) groups excluding carboxylic acids is 1. The van der Waals surface area contributed by atoms with Gasteiger partial charge in [0.05, 0.1) is 18.9 Å². The summed E-state index contributed by atoms with van der Waals surface area (Å²) < 4.78 is 11.0. The van der Waals surface area contributed by atoms with E-state index in [0.29, 0.717) is 13.2 Å². The molecule has 1 aromatic carbocycles. The van der Waals surface area contributed by atoms with Crippen molar-refractivity contribution in [1.29, 1.82) is 0 Å². The van der Waals surface area contributed by atoms with Crippen LogP contribution in [0.5, 0.6) is 0 Å². The lowest BCUT2D eigenvalue weighted by atomic mass is 10.0. The molecule has 136 valence electrons. The van der Waals surface area contributed by atoms with Crippen LogP contribution in [-0.4, -0.2) is 38.0 Å². The number of hydrogen-bond acceptors (Lipinski definition) is 4. The molecule has 5 heteroatoms. The molecule has 5 nitrogen and oxygen atoms in total. The van der Waals surface area contributed by atoms with Crippen molar-refractivity contribution in [3.8, 4) is 0 Å². The Bertz CT molecular complexity index is 661. The molecule has 0 spiro atoms. The minimum atomic E-state index is -0.488. The molecule has 0 saturated heterocycles. The molecule has 0 radical (unpaired) electrons. The first kappa shape index (κ1) is 17.8. The predicted molar refractivity (Wildman–Crippen MR) is 100 cm³/mol. The van der Waals surface area contributed by atoms with Gasteiger partial charge in [0, 0.05) is 18.8 Å². The second kappa shape index (κ2) is 7.48. The third-order valence-corrected chi connectivity index (χ3v) is 4.32. The standard InChI is InChI=1S/C20H28N2O3/c1-20(2,3)25-19(23)22-10-4-7-16-8-9-17(12-18(16)22)21-13-15-6-5-11-24-14-15/h6,8-9,12,21H,4-5,7,10-11,13-14H2,1-3H3. The Kier molecular flexibility index (Phi) is 5.33. The molecular formula is C20H28N2O3. The molecule has 25 heavy (non-hydrogen) atoms. The van der Waals surface area contributed by atoms with Gasteiger partial charge in [0.2, 0.25) is 0 Å². The average molecular weight is 344 g/mol. The Morgan fingerprint density at radius 2 is 2.20 bits per heavy atom. The molecule has 1 N–H and O–H groups in total. The number of amides is 1. The van der Waals surface area contributed by atoms with Gasteiger partial charge >= 0.3 is 6.09 Å². The Balaban J connectivity index is 1.73. The third kappa shape index (κ3) is 4.75. The topological polar surface area (TPSA) is 50.8 Å². The lowest BCUT2D eigenvalue weighted by Crippen LogP contribution is -2.39. The van der Waals surface area contributed by atoms with Crippen LogP contribution in [0.3, 0.4) is 0 Å². The first-order chi connectivity index (χ1) is 11.9. The van der Waals surface area contributed by atoms with Crippen molar-refractivity contribution >= 4 is 17.5 Å². The largest absolute Gasteiger partial charge is 0.443 e. The Labute approximate surface area is 150 Å². The zero-order valence-corrected chi connectivity index (χ0v) is 15.4. The number of carbonyl (C=O) groups is 1. The minimum Gasteiger partial charge on any atom is -0.443 e. The van der Waals surface area contributed by atoms with E-state index >= 15 is 0 Å². The maximum atomic E-state index is 12.6. The SMILES string of the molecule is CC(C)(C)OC(=O)N1CCCc2ccc(NCC3=CCCOC3)cc21. The highest BCUT2D eigenvalue weighted by Gasteiger charge is 2.27. The molecule has 0 unspecified atom stereocenters. The van der Waals surface area contributed by atoms with Crippen molar-refractivity contribution in [3.63, 3.8) is 0 Å². The molecule has 1 amide bonds. The molecule has 1 aromatic rings. The molecule has 0 aliphatic carbocycles. The van der Waals surface area contributed by atoms with E-state index in [9.17, 15) is 4.79 Å². The van der Waals surface area contributed by atoms with Crippen LogP contribution < -0.4 is 10.2 Å². The molecule has 2 aliphatic heterocycles. The van der Waals surface area contributed by atoms with E-state index in [0.717, 1.165) is 43.8 Å². The maximum absolute atomic E-state index is 12.6. The number of benzene rings is 1. The van der Waals surface area contributed by atoms with Crippen LogP contribution in [-0.2, 0) is 15.9 Å². The molecule has 3 rings (SSSR count). The molecule has 0 aromatic heterocycles. The molecule has 2 heterocycles. The molecule has 2 aliphatic rings. The van der Waals surface area contributed by atoms with E-state index in [1.807, 2.05) is 20.8 Å². The van der Waals surface area contributed by atoms with E-state index in [4.69, 9.17) is 9.47 Å².